The Morgan fingerprint density at radius 1 is 1.21 bits per heavy atom. The van der Waals surface area contributed by atoms with Crippen molar-refractivity contribution in [1.82, 2.24) is 4.57 Å². The Labute approximate surface area is 113 Å². The van der Waals surface area contributed by atoms with Gasteiger partial charge in [-0.1, -0.05) is 19.3 Å². The molecule has 1 saturated carbocycles. The molecule has 3 heteroatoms. The lowest BCUT2D eigenvalue weighted by molar-refractivity contribution is 0.339. The molecular formula is C16H20N2O. The minimum Gasteiger partial charge on any atom is -0.309 e. The Hall–Kier alpha value is -1.56. The summed E-state index contributed by atoms with van der Waals surface area (Å²) >= 11 is 0. The molecule has 0 radical (unpaired) electrons. The fourth-order valence-electron chi connectivity index (χ4n) is 3.67. The van der Waals surface area contributed by atoms with E-state index >= 15 is 0 Å². The lowest BCUT2D eigenvalue weighted by Crippen LogP contribution is -2.31. The van der Waals surface area contributed by atoms with Crippen molar-refractivity contribution < 1.29 is 0 Å². The van der Waals surface area contributed by atoms with Gasteiger partial charge < -0.3 is 4.57 Å². The number of rotatable bonds is 2. The highest BCUT2D eigenvalue weighted by molar-refractivity contribution is 5.32. The van der Waals surface area contributed by atoms with Crippen LogP contribution in [0, 0.1) is 11.3 Å². The van der Waals surface area contributed by atoms with Gasteiger partial charge in [0.15, 0.2) is 0 Å². The number of fused-ring (bicyclic) bond motifs is 1. The van der Waals surface area contributed by atoms with Crippen LogP contribution in [0.25, 0.3) is 0 Å². The fourth-order valence-corrected chi connectivity index (χ4v) is 3.67. The molecule has 0 aliphatic heterocycles. The number of aromatic nitrogens is 1. The lowest BCUT2D eigenvalue weighted by atomic mass is 9.94. The first kappa shape index (κ1) is 12.5. The highest BCUT2D eigenvalue weighted by atomic mass is 16.1. The average molecular weight is 256 g/mol. The van der Waals surface area contributed by atoms with Crippen LogP contribution in [0.2, 0.25) is 0 Å². The lowest BCUT2D eigenvalue weighted by Gasteiger charge is -2.27. The third-order valence-electron chi connectivity index (χ3n) is 4.57. The Morgan fingerprint density at radius 3 is 2.74 bits per heavy atom. The van der Waals surface area contributed by atoms with Gasteiger partial charge in [-0.15, -0.1) is 0 Å². The van der Waals surface area contributed by atoms with E-state index in [-0.39, 0.29) is 12.0 Å². The first-order chi connectivity index (χ1) is 9.31. The second-order valence-corrected chi connectivity index (χ2v) is 5.80. The van der Waals surface area contributed by atoms with E-state index in [2.05, 4.69) is 10.6 Å². The Bertz CT molecular complexity index is 574. The van der Waals surface area contributed by atoms with E-state index in [1.807, 2.05) is 6.07 Å². The fraction of sp³-hybridized carbons (Fsp3) is 0.625. The van der Waals surface area contributed by atoms with Gasteiger partial charge in [0, 0.05) is 17.3 Å². The first-order valence-electron chi connectivity index (χ1n) is 7.44. The summed E-state index contributed by atoms with van der Waals surface area (Å²) in [5.74, 6) is 0. The van der Waals surface area contributed by atoms with E-state index in [1.165, 1.54) is 30.5 Å². The largest absolute Gasteiger partial charge is 0.309 e. The van der Waals surface area contributed by atoms with Gasteiger partial charge in [0.1, 0.15) is 0 Å². The molecule has 19 heavy (non-hydrogen) atoms. The monoisotopic (exact) mass is 256 g/mol. The number of hydrogen-bond donors (Lipinski definition) is 0. The van der Waals surface area contributed by atoms with Crippen LogP contribution in [-0.2, 0) is 19.3 Å². The Kier molecular flexibility index (Phi) is 3.42. The highest BCUT2D eigenvalue weighted by Crippen LogP contribution is 2.31. The van der Waals surface area contributed by atoms with Gasteiger partial charge in [0.25, 0.3) is 5.56 Å². The number of aryl methyl sites for hydroxylation is 1. The quantitative estimate of drug-likeness (QED) is 0.816. The summed E-state index contributed by atoms with van der Waals surface area (Å²) in [4.78, 5) is 12.6. The van der Waals surface area contributed by atoms with E-state index in [4.69, 9.17) is 5.26 Å². The van der Waals surface area contributed by atoms with Crippen molar-refractivity contribution in [3.8, 4) is 6.07 Å². The molecule has 0 atom stereocenters. The summed E-state index contributed by atoms with van der Waals surface area (Å²) in [6.45, 7) is 0. The predicted molar refractivity (Wildman–Crippen MR) is 74.2 cm³/mol. The van der Waals surface area contributed by atoms with Gasteiger partial charge in [0.2, 0.25) is 0 Å². The van der Waals surface area contributed by atoms with E-state index in [0.29, 0.717) is 11.6 Å². The molecule has 0 amide bonds. The van der Waals surface area contributed by atoms with E-state index in [9.17, 15) is 4.79 Å². The zero-order chi connectivity index (χ0) is 13.2. The molecule has 0 bridgehead atoms. The minimum absolute atomic E-state index is 0.106. The molecule has 1 aromatic rings. The molecule has 3 nitrogen and oxygen atoms in total. The molecule has 0 aromatic carbocycles. The SMILES string of the molecule is N#CCc1cc2c(n(C3CCCCC3)c1=O)CCC2. The van der Waals surface area contributed by atoms with Crippen molar-refractivity contribution in [2.45, 2.75) is 63.8 Å². The van der Waals surface area contributed by atoms with E-state index < -0.39 is 0 Å². The highest BCUT2D eigenvalue weighted by Gasteiger charge is 2.24. The molecular weight excluding hydrogens is 236 g/mol. The van der Waals surface area contributed by atoms with Crippen LogP contribution in [0.15, 0.2) is 10.9 Å². The average Bonchev–Trinajstić information content (AvgIpc) is 2.88. The number of hydrogen-bond acceptors (Lipinski definition) is 2. The molecule has 2 aliphatic rings. The molecule has 0 spiro atoms. The number of nitrogens with zero attached hydrogens (tertiary/aromatic N) is 2. The van der Waals surface area contributed by atoms with E-state index in [1.54, 1.807) is 0 Å². The Balaban J connectivity index is 2.10. The van der Waals surface area contributed by atoms with Crippen LogP contribution in [-0.4, -0.2) is 4.57 Å². The van der Waals surface area contributed by atoms with E-state index in [0.717, 1.165) is 32.1 Å². The second kappa shape index (κ2) is 5.21. The maximum Gasteiger partial charge on any atom is 0.255 e. The number of nitriles is 1. The molecule has 100 valence electrons. The van der Waals surface area contributed by atoms with Crippen molar-refractivity contribution in [3.63, 3.8) is 0 Å². The van der Waals surface area contributed by atoms with Gasteiger partial charge in [-0.2, -0.15) is 5.26 Å². The van der Waals surface area contributed by atoms with Crippen molar-refractivity contribution in [2.75, 3.05) is 0 Å². The second-order valence-electron chi connectivity index (χ2n) is 5.80. The van der Waals surface area contributed by atoms with Gasteiger partial charge >= 0.3 is 0 Å². The third kappa shape index (κ3) is 2.20. The minimum atomic E-state index is 0.106. The zero-order valence-corrected chi connectivity index (χ0v) is 11.3. The smallest absolute Gasteiger partial charge is 0.255 e. The standard InChI is InChI=1S/C16H20N2O/c17-10-9-13-11-12-5-4-8-15(12)18(16(13)19)14-6-2-1-3-7-14/h11,14H,1-9H2. The molecule has 2 aliphatic carbocycles. The summed E-state index contributed by atoms with van der Waals surface area (Å²) in [6, 6.07) is 4.51. The van der Waals surface area contributed by atoms with Gasteiger partial charge in [0.05, 0.1) is 12.5 Å². The zero-order valence-electron chi connectivity index (χ0n) is 11.3. The predicted octanol–water partition coefficient (Wildman–Crippen LogP) is 2.91. The van der Waals surface area contributed by atoms with Crippen LogP contribution in [0.5, 0.6) is 0 Å². The van der Waals surface area contributed by atoms with Gasteiger partial charge in [-0.25, -0.2) is 0 Å². The van der Waals surface area contributed by atoms with Crippen molar-refractivity contribution in [3.05, 3.63) is 33.2 Å². The number of pyridine rings is 1. The maximum absolute atomic E-state index is 12.6. The summed E-state index contributed by atoms with van der Waals surface area (Å²) in [5, 5.41) is 8.90. The molecule has 1 heterocycles. The van der Waals surface area contributed by atoms with Crippen molar-refractivity contribution >= 4 is 0 Å². The normalized spacial score (nSPS) is 19.1. The van der Waals surface area contributed by atoms with Crippen LogP contribution in [0.1, 0.15) is 61.4 Å². The molecule has 1 aromatic heterocycles. The summed E-state index contributed by atoms with van der Waals surface area (Å²) in [5.41, 5.74) is 3.39. The van der Waals surface area contributed by atoms with Gasteiger partial charge in [-0.05, 0) is 43.7 Å². The Morgan fingerprint density at radius 2 is 2.00 bits per heavy atom. The maximum atomic E-state index is 12.6. The topological polar surface area (TPSA) is 45.8 Å². The van der Waals surface area contributed by atoms with Crippen LogP contribution in [0.4, 0.5) is 0 Å². The van der Waals surface area contributed by atoms with Crippen molar-refractivity contribution in [1.29, 1.82) is 5.26 Å². The summed E-state index contributed by atoms with van der Waals surface area (Å²) in [6.07, 6.45) is 9.52. The van der Waals surface area contributed by atoms with Crippen molar-refractivity contribution in [2.24, 2.45) is 0 Å². The van der Waals surface area contributed by atoms with Crippen LogP contribution >= 0.6 is 0 Å². The molecule has 0 unspecified atom stereocenters. The molecule has 3 rings (SSSR count). The molecule has 0 N–H and O–H groups in total. The summed E-state index contributed by atoms with van der Waals surface area (Å²) < 4.78 is 2.06. The first-order valence-corrected chi connectivity index (χ1v) is 7.44. The van der Waals surface area contributed by atoms with Gasteiger partial charge in [-0.3, -0.25) is 4.79 Å². The molecule has 1 fully saturated rings. The van der Waals surface area contributed by atoms with Crippen LogP contribution in [0.3, 0.4) is 0 Å². The third-order valence-corrected chi connectivity index (χ3v) is 4.57. The van der Waals surface area contributed by atoms with Crippen LogP contribution < -0.4 is 5.56 Å². The summed E-state index contributed by atoms with van der Waals surface area (Å²) in [7, 11) is 0. The molecule has 0 saturated heterocycles.